The molecule has 1 aromatic carbocycles. The van der Waals surface area contributed by atoms with Gasteiger partial charge in [0.05, 0.1) is 18.8 Å². The zero-order chi connectivity index (χ0) is 25.7. The van der Waals surface area contributed by atoms with Gasteiger partial charge in [0.2, 0.25) is 5.91 Å². The summed E-state index contributed by atoms with van der Waals surface area (Å²) in [5.41, 5.74) is 6.02. The van der Waals surface area contributed by atoms with Gasteiger partial charge in [0.25, 0.3) is 0 Å². The lowest BCUT2D eigenvalue weighted by Gasteiger charge is -2.41. The second-order valence-electron chi connectivity index (χ2n) is 11.4. The molecule has 0 heterocycles. The highest BCUT2D eigenvalue weighted by Crippen LogP contribution is 2.45. The topological polar surface area (TPSA) is 78.8 Å². The van der Waals surface area contributed by atoms with Crippen molar-refractivity contribution < 1.29 is 19.8 Å². The third-order valence-corrected chi connectivity index (χ3v) is 7.55. The summed E-state index contributed by atoms with van der Waals surface area (Å²) in [5.74, 6) is -0.369. The second-order valence-corrected chi connectivity index (χ2v) is 11.4. The molecule has 1 aromatic rings. The molecule has 5 nitrogen and oxygen atoms in total. The average Bonchev–Trinajstić information content (AvgIpc) is 2.77. The van der Waals surface area contributed by atoms with Crippen molar-refractivity contribution in [2.45, 2.75) is 98.7 Å². The summed E-state index contributed by atoms with van der Waals surface area (Å²) in [6, 6.07) is 6.56. The largest absolute Gasteiger partial charge is 0.390 e. The van der Waals surface area contributed by atoms with Crippen LogP contribution in [0, 0.1) is 17.8 Å². The normalized spacial score (nSPS) is 19.0. The van der Waals surface area contributed by atoms with Crippen LogP contribution < -0.4 is 5.48 Å². The Hall–Kier alpha value is -1.95. The van der Waals surface area contributed by atoms with Crippen LogP contribution in [0.1, 0.15) is 84.4 Å². The Morgan fingerprint density at radius 2 is 1.85 bits per heavy atom. The summed E-state index contributed by atoms with van der Waals surface area (Å²) in [4.78, 5) is 11.4. The van der Waals surface area contributed by atoms with Gasteiger partial charge in [-0.25, -0.2) is 5.48 Å². The van der Waals surface area contributed by atoms with E-state index < -0.39 is 6.10 Å². The molecule has 2 atom stereocenters. The molecule has 190 valence electrons. The Labute approximate surface area is 206 Å². The predicted molar refractivity (Wildman–Crippen MR) is 138 cm³/mol. The van der Waals surface area contributed by atoms with E-state index in [9.17, 15) is 9.90 Å². The molecule has 0 bridgehead atoms. The lowest BCUT2D eigenvalue weighted by molar-refractivity contribution is -0.129. The fourth-order valence-electron chi connectivity index (χ4n) is 4.79. The first-order valence-corrected chi connectivity index (χ1v) is 12.5. The Kier molecular flexibility index (Phi) is 9.31. The number of nitrogens with one attached hydrogen (secondary N) is 1. The summed E-state index contributed by atoms with van der Waals surface area (Å²) in [6.07, 6.45) is 8.89. The minimum Gasteiger partial charge on any atom is -0.390 e. The molecule has 1 aliphatic rings. The molecular weight excluding hydrogens is 426 g/mol. The van der Waals surface area contributed by atoms with Crippen molar-refractivity contribution in [1.29, 1.82) is 0 Å². The van der Waals surface area contributed by atoms with Crippen LogP contribution in [0.3, 0.4) is 0 Å². The number of allylic oxidation sites excluding steroid dienone is 2. The van der Waals surface area contributed by atoms with E-state index in [0.717, 1.165) is 24.0 Å². The zero-order valence-corrected chi connectivity index (χ0v) is 22.4. The average molecular weight is 472 g/mol. The molecule has 2 rings (SSSR count). The maximum atomic E-state index is 11.4. The molecule has 0 saturated heterocycles. The van der Waals surface area contributed by atoms with Gasteiger partial charge in [-0.1, -0.05) is 84.9 Å². The highest BCUT2D eigenvalue weighted by molar-refractivity contribution is 5.74. The van der Waals surface area contributed by atoms with E-state index in [4.69, 9.17) is 9.94 Å². The van der Waals surface area contributed by atoms with Crippen molar-refractivity contribution in [2.24, 2.45) is 10.8 Å². The maximum absolute atomic E-state index is 11.4. The van der Waals surface area contributed by atoms with Crippen molar-refractivity contribution in [3.8, 4) is 0 Å². The molecule has 0 radical (unpaired) electrons. The highest BCUT2D eigenvalue weighted by atomic mass is 16.5. The van der Waals surface area contributed by atoms with Crippen LogP contribution in [0.5, 0.6) is 0 Å². The quantitative estimate of drug-likeness (QED) is 0.297. The van der Waals surface area contributed by atoms with Gasteiger partial charge in [-0.15, -0.1) is 0 Å². The maximum Gasteiger partial charge on any atom is 0.243 e. The van der Waals surface area contributed by atoms with E-state index >= 15 is 0 Å². The standard InChI is InChI=1S/C29H45NO4/c1-9-29(10-2,22-13-11-21(20(3)17-22)12-16-26(32)30-33)23-14-15-25(28(7,8)18-23)34-19-24(31)27(4,5)6/h11,13-15,17-18,24-25,31,33H,9-10,12,16,19H2,1-8H3,(H,30,32)/t24-,25?/m0/s1. The first-order chi connectivity index (χ1) is 15.8. The molecule has 1 amide bonds. The Balaban J connectivity index is 2.30. The van der Waals surface area contributed by atoms with Gasteiger partial charge in [-0.2, -0.15) is 0 Å². The van der Waals surface area contributed by atoms with Crippen LogP contribution in [0.2, 0.25) is 0 Å². The number of aryl methyl sites for hydroxylation is 2. The van der Waals surface area contributed by atoms with Gasteiger partial charge >= 0.3 is 0 Å². The number of carbonyl (C=O) groups excluding carboxylic acids is 1. The van der Waals surface area contributed by atoms with Crippen molar-refractivity contribution >= 4 is 5.91 Å². The third-order valence-electron chi connectivity index (χ3n) is 7.55. The summed E-state index contributed by atoms with van der Waals surface area (Å²) in [7, 11) is 0. The van der Waals surface area contributed by atoms with Gasteiger partial charge in [0.15, 0.2) is 0 Å². The van der Waals surface area contributed by atoms with Crippen molar-refractivity contribution in [3.63, 3.8) is 0 Å². The van der Waals surface area contributed by atoms with Crippen LogP contribution in [-0.4, -0.2) is 35.0 Å². The molecule has 0 aromatic heterocycles. The monoisotopic (exact) mass is 471 g/mol. The molecule has 34 heavy (non-hydrogen) atoms. The number of amides is 1. The summed E-state index contributed by atoms with van der Waals surface area (Å²) in [6.45, 7) is 17.3. The van der Waals surface area contributed by atoms with Gasteiger partial charge in [-0.3, -0.25) is 10.0 Å². The van der Waals surface area contributed by atoms with Crippen molar-refractivity contribution in [1.82, 2.24) is 5.48 Å². The number of hydrogen-bond donors (Lipinski definition) is 3. The van der Waals surface area contributed by atoms with Gasteiger partial charge in [-0.05, 0) is 53.9 Å². The van der Waals surface area contributed by atoms with Gasteiger partial charge < -0.3 is 9.84 Å². The fraction of sp³-hybridized carbons (Fsp3) is 0.621. The number of aliphatic hydroxyl groups excluding tert-OH is 1. The number of carbonyl (C=O) groups is 1. The lowest BCUT2D eigenvalue weighted by atomic mass is 9.65. The Morgan fingerprint density at radius 1 is 1.21 bits per heavy atom. The number of benzene rings is 1. The number of aliphatic hydroxyl groups is 1. The zero-order valence-electron chi connectivity index (χ0n) is 22.4. The van der Waals surface area contributed by atoms with E-state index in [2.05, 4.69) is 71.0 Å². The van der Waals surface area contributed by atoms with Crippen LogP contribution >= 0.6 is 0 Å². The number of rotatable bonds is 10. The van der Waals surface area contributed by atoms with Gasteiger partial charge in [0.1, 0.15) is 0 Å². The van der Waals surface area contributed by atoms with Crippen LogP contribution in [0.15, 0.2) is 42.0 Å². The molecule has 1 aliphatic carbocycles. The van der Waals surface area contributed by atoms with Crippen molar-refractivity contribution in [2.75, 3.05) is 6.61 Å². The number of hydroxylamine groups is 1. The van der Waals surface area contributed by atoms with Crippen LogP contribution in [0.4, 0.5) is 0 Å². The first-order valence-electron chi connectivity index (χ1n) is 12.5. The van der Waals surface area contributed by atoms with E-state index in [-0.39, 0.29) is 34.7 Å². The van der Waals surface area contributed by atoms with E-state index in [1.807, 2.05) is 20.8 Å². The molecule has 0 saturated carbocycles. The highest BCUT2D eigenvalue weighted by Gasteiger charge is 2.38. The number of hydrogen-bond acceptors (Lipinski definition) is 4. The van der Waals surface area contributed by atoms with E-state index in [0.29, 0.717) is 13.0 Å². The Bertz CT molecular complexity index is 903. The first kappa shape index (κ1) is 28.3. The molecule has 0 spiro atoms. The minimum atomic E-state index is -0.516. The SMILES string of the molecule is CCC(CC)(C1=CC(C)(C)C(OC[C@H](O)C(C)(C)C)C=C1)c1ccc(CCC(=O)NO)c(C)c1. The molecule has 0 aliphatic heterocycles. The molecule has 3 N–H and O–H groups in total. The molecule has 1 unspecified atom stereocenters. The Morgan fingerprint density at radius 3 is 2.35 bits per heavy atom. The van der Waals surface area contributed by atoms with Crippen LogP contribution in [0.25, 0.3) is 0 Å². The van der Waals surface area contributed by atoms with Crippen LogP contribution in [-0.2, 0) is 21.4 Å². The summed E-state index contributed by atoms with van der Waals surface area (Å²) < 4.78 is 6.18. The lowest BCUT2D eigenvalue weighted by Crippen LogP contribution is -2.39. The smallest absolute Gasteiger partial charge is 0.243 e. The molecule has 5 heteroatoms. The van der Waals surface area contributed by atoms with Gasteiger partial charge in [0, 0.05) is 17.3 Å². The second kappa shape index (κ2) is 11.2. The van der Waals surface area contributed by atoms with E-state index in [1.165, 1.54) is 11.1 Å². The minimum absolute atomic E-state index is 0.0959. The summed E-state index contributed by atoms with van der Waals surface area (Å²) in [5, 5.41) is 19.2. The fourth-order valence-corrected chi connectivity index (χ4v) is 4.79. The van der Waals surface area contributed by atoms with E-state index in [1.54, 1.807) is 5.48 Å². The number of ether oxygens (including phenoxy) is 1. The third kappa shape index (κ3) is 6.38. The summed E-state index contributed by atoms with van der Waals surface area (Å²) >= 11 is 0. The molecular formula is C29H45NO4. The molecule has 0 fully saturated rings. The predicted octanol–water partition coefficient (Wildman–Crippen LogP) is 5.81. The van der Waals surface area contributed by atoms with Crippen molar-refractivity contribution in [3.05, 3.63) is 58.7 Å².